The van der Waals surface area contributed by atoms with E-state index in [0.717, 1.165) is 12.8 Å². The monoisotopic (exact) mass is 326 g/mol. The van der Waals surface area contributed by atoms with Crippen molar-refractivity contribution in [2.75, 3.05) is 13.7 Å². The smallest absolute Gasteiger partial charge is 0.354 e. The van der Waals surface area contributed by atoms with E-state index in [-0.39, 0.29) is 22.6 Å². The summed E-state index contributed by atoms with van der Waals surface area (Å²) in [6.45, 7) is 0.497. The number of carbonyl (C=O) groups is 2. The third-order valence-electron chi connectivity index (χ3n) is 4.31. The van der Waals surface area contributed by atoms with Crippen LogP contribution in [-0.4, -0.2) is 35.6 Å². The third kappa shape index (κ3) is 3.22. The summed E-state index contributed by atoms with van der Waals surface area (Å²) in [5, 5.41) is 11.9. The first kappa shape index (κ1) is 16.0. The summed E-state index contributed by atoms with van der Waals surface area (Å²) >= 11 is 0. The van der Waals surface area contributed by atoms with Gasteiger partial charge in [-0.15, -0.1) is 0 Å². The fourth-order valence-corrected chi connectivity index (χ4v) is 2.70. The highest BCUT2D eigenvalue weighted by Crippen LogP contribution is 2.47. The van der Waals surface area contributed by atoms with E-state index in [4.69, 9.17) is 9.84 Å². The molecule has 3 rings (SSSR count). The van der Waals surface area contributed by atoms with Gasteiger partial charge in [0.05, 0.1) is 7.11 Å². The molecule has 0 bridgehead atoms. The van der Waals surface area contributed by atoms with E-state index < -0.39 is 11.9 Å². The van der Waals surface area contributed by atoms with Crippen LogP contribution >= 0.6 is 0 Å². The zero-order chi connectivity index (χ0) is 17.2. The Morgan fingerprint density at radius 2 is 1.88 bits per heavy atom. The van der Waals surface area contributed by atoms with E-state index in [2.05, 4.69) is 22.4 Å². The number of carbonyl (C=O) groups excluding carboxylic acids is 1. The number of rotatable bonds is 6. The molecule has 1 saturated carbocycles. The van der Waals surface area contributed by atoms with Crippen molar-refractivity contribution >= 4 is 11.9 Å². The van der Waals surface area contributed by atoms with Crippen molar-refractivity contribution in [2.24, 2.45) is 0 Å². The maximum Gasteiger partial charge on any atom is 0.354 e. The number of amides is 1. The number of nitrogens with zero attached hydrogens (tertiary/aromatic N) is 1. The molecule has 1 aliphatic carbocycles. The molecule has 2 aromatic rings. The molecule has 0 unspecified atom stereocenters. The molecule has 0 radical (unpaired) electrons. The van der Waals surface area contributed by atoms with Crippen LogP contribution in [0.3, 0.4) is 0 Å². The van der Waals surface area contributed by atoms with E-state index in [1.165, 1.54) is 24.8 Å². The molecular weight excluding hydrogens is 308 g/mol. The number of benzene rings is 1. The zero-order valence-electron chi connectivity index (χ0n) is 13.3. The second-order valence-corrected chi connectivity index (χ2v) is 5.91. The summed E-state index contributed by atoms with van der Waals surface area (Å²) in [6.07, 6.45) is 2.03. The number of ether oxygens (including phenoxy) is 1. The second kappa shape index (κ2) is 6.31. The van der Waals surface area contributed by atoms with Crippen LogP contribution in [0.4, 0.5) is 0 Å². The summed E-state index contributed by atoms with van der Waals surface area (Å²) in [5.74, 6) is -1.32. The molecule has 0 aliphatic heterocycles. The molecule has 1 fully saturated rings. The predicted octanol–water partition coefficient (Wildman–Crippen LogP) is 2.25. The van der Waals surface area contributed by atoms with E-state index >= 15 is 0 Å². The fraction of sp³-hybridized carbons (Fsp3) is 0.278. The van der Waals surface area contributed by atoms with Crippen molar-refractivity contribution in [1.82, 2.24) is 10.3 Å². The molecule has 124 valence electrons. The normalized spacial score (nSPS) is 14.7. The second-order valence-electron chi connectivity index (χ2n) is 5.91. The number of hydrogen-bond donors (Lipinski definition) is 2. The Balaban J connectivity index is 1.74. The molecule has 1 amide bonds. The van der Waals surface area contributed by atoms with Crippen molar-refractivity contribution < 1.29 is 19.4 Å². The average molecular weight is 326 g/mol. The lowest BCUT2D eigenvalue weighted by atomic mass is 9.96. The maximum absolute atomic E-state index is 12.4. The molecule has 2 N–H and O–H groups in total. The highest BCUT2D eigenvalue weighted by Gasteiger charge is 2.44. The van der Waals surface area contributed by atoms with E-state index in [9.17, 15) is 9.59 Å². The van der Waals surface area contributed by atoms with Gasteiger partial charge < -0.3 is 15.2 Å². The van der Waals surface area contributed by atoms with E-state index in [0.29, 0.717) is 6.54 Å². The highest BCUT2D eigenvalue weighted by atomic mass is 16.5. The Hall–Kier alpha value is -2.89. The molecule has 0 saturated heterocycles. The van der Waals surface area contributed by atoms with Gasteiger partial charge in [-0.1, -0.05) is 30.3 Å². The van der Waals surface area contributed by atoms with Crippen molar-refractivity contribution in [1.29, 1.82) is 0 Å². The van der Waals surface area contributed by atoms with Crippen molar-refractivity contribution in [3.05, 3.63) is 59.4 Å². The van der Waals surface area contributed by atoms with Gasteiger partial charge in [-0.25, -0.2) is 9.78 Å². The van der Waals surface area contributed by atoms with Gasteiger partial charge in [-0.3, -0.25) is 4.79 Å². The third-order valence-corrected chi connectivity index (χ3v) is 4.31. The van der Waals surface area contributed by atoms with Crippen LogP contribution in [0.1, 0.15) is 39.4 Å². The Labute approximate surface area is 139 Å². The molecule has 24 heavy (non-hydrogen) atoms. The van der Waals surface area contributed by atoms with Gasteiger partial charge >= 0.3 is 5.97 Å². The van der Waals surface area contributed by atoms with E-state index in [1.807, 2.05) is 18.2 Å². The average Bonchev–Trinajstić information content (AvgIpc) is 3.41. The molecule has 1 aromatic carbocycles. The van der Waals surface area contributed by atoms with Gasteiger partial charge in [0.1, 0.15) is 11.4 Å². The largest absolute Gasteiger partial charge is 0.497 e. The number of carboxylic acid groups (broad SMARTS) is 1. The maximum atomic E-state index is 12.4. The standard InChI is InChI=1S/C18H18N2O4/c1-24-13-9-14(20-15(10-13)17(22)23)16(21)19-11-18(7-8-18)12-5-3-2-4-6-12/h2-6,9-10H,7-8,11H2,1H3,(H,19,21)(H,22,23). The topological polar surface area (TPSA) is 88.5 Å². The number of pyridine rings is 1. The van der Waals surface area contributed by atoms with Crippen molar-refractivity contribution in [2.45, 2.75) is 18.3 Å². The molecule has 1 aromatic heterocycles. The number of carboxylic acids is 1. The first-order chi connectivity index (χ1) is 11.5. The van der Waals surface area contributed by atoms with Crippen LogP contribution < -0.4 is 10.1 Å². The van der Waals surface area contributed by atoms with E-state index in [1.54, 1.807) is 0 Å². The van der Waals surface area contributed by atoms with Gasteiger partial charge in [-0.2, -0.15) is 0 Å². The minimum atomic E-state index is -1.20. The number of nitrogens with one attached hydrogen (secondary N) is 1. The van der Waals surface area contributed by atoms with Crippen LogP contribution in [0.5, 0.6) is 5.75 Å². The lowest BCUT2D eigenvalue weighted by Crippen LogP contribution is -2.33. The van der Waals surface area contributed by atoms with Gasteiger partial charge in [-0.05, 0) is 18.4 Å². The number of hydrogen-bond acceptors (Lipinski definition) is 4. The summed E-state index contributed by atoms with van der Waals surface area (Å²) in [4.78, 5) is 27.4. The van der Waals surface area contributed by atoms with Gasteiger partial charge in [0, 0.05) is 24.1 Å². The van der Waals surface area contributed by atoms with Gasteiger partial charge in [0.25, 0.3) is 5.91 Å². The van der Waals surface area contributed by atoms with Gasteiger partial charge in [0.2, 0.25) is 0 Å². The minimum Gasteiger partial charge on any atom is -0.497 e. The number of methoxy groups -OCH3 is 1. The summed E-state index contributed by atoms with van der Waals surface area (Å²) < 4.78 is 5.04. The number of aromatic carboxylic acids is 1. The van der Waals surface area contributed by atoms with Crippen LogP contribution in [0, 0.1) is 0 Å². The Morgan fingerprint density at radius 3 is 2.46 bits per heavy atom. The van der Waals surface area contributed by atoms with Crippen LogP contribution in [0.15, 0.2) is 42.5 Å². The molecule has 1 heterocycles. The number of aromatic nitrogens is 1. The molecule has 6 nitrogen and oxygen atoms in total. The predicted molar refractivity (Wildman–Crippen MR) is 87.4 cm³/mol. The van der Waals surface area contributed by atoms with Crippen LogP contribution in [0.2, 0.25) is 0 Å². The van der Waals surface area contributed by atoms with Gasteiger partial charge in [0.15, 0.2) is 5.69 Å². The van der Waals surface area contributed by atoms with Crippen LogP contribution in [-0.2, 0) is 5.41 Å². The molecule has 0 spiro atoms. The Morgan fingerprint density at radius 1 is 1.21 bits per heavy atom. The Bertz CT molecular complexity index is 770. The quantitative estimate of drug-likeness (QED) is 0.850. The fourth-order valence-electron chi connectivity index (χ4n) is 2.70. The molecule has 1 aliphatic rings. The molecular formula is C18H18N2O4. The Kier molecular flexibility index (Phi) is 4.20. The first-order valence-corrected chi connectivity index (χ1v) is 7.67. The lowest BCUT2D eigenvalue weighted by molar-refractivity contribution is 0.0690. The minimum absolute atomic E-state index is 0.0224. The summed E-state index contributed by atoms with van der Waals surface area (Å²) in [5.41, 5.74) is 1.00. The zero-order valence-corrected chi connectivity index (χ0v) is 13.3. The molecule has 0 atom stereocenters. The van der Waals surface area contributed by atoms with Crippen molar-refractivity contribution in [3.8, 4) is 5.75 Å². The lowest BCUT2D eigenvalue weighted by Gasteiger charge is -2.16. The summed E-state index contributed by atoms with van der Waals surface area (Å²) in [6, 6.07) is 12.8. The SMILES string of the molecule is COc1cc(C(=O)O)nc(C(=O)NCC2(c3ccccc3)CC2)c1. The van der Waals surface area contributed by atoms with Crippen molar-refractivity contribution in [3.63, 3.8) is 0 Å². The molecule has 6 heteroatoms. The highest BCUT2D eigenvalue weighted by molar-refractivity contribution is 5.95. The first-order valence-electron chi connectivity index (χ1n) is 7.67. The summed E-state index contributed by atoms with van der Waals surface area (Å²) in [7, 11) is 1.41. The van der Waals surface area contributed by atoms with Crippen LogP contribution in [0.25, 0.3) is 0 Å².